The van der Waals surface area contributed by atoms with Gasteiger partial charge in [0.25, 0.3) is 0 Å². The molecule has 0 saturated carbocycles. The van der Waals surface area contributed by atoms with Crippen molar-refractivity contribution in [1.82, 2.24) is 9.78 Å². The van der Waals surface area contributed by atoms with Gasteiger partial charge in [0.2, 0.25) is 5.91 Å². The summed E-state index contributed by atoms with van der Waals surface area (Å²) in [6.45, 7) is 0.770. The summed E-state index contributed by atoms with van der Waals surface area (Å²) in [6.07, 6.45) is 4.07. The zero-order valence-corrected chi connectivity index (χ0v) is 13.9. The van der Waals surface area contributed by atoms with Crippen LogP contribution in [-0.2, 0) is 11.2 Å². The largest absolute Gasteiger partial charge is 0.310 e. The number of rotatable bonds is 3. The number of carbonyl (C=O) groups excluding carboxylic acids is 1. The van der Waals surface area contributed by atoms with Crippen LogP contribution in [0.25, 0.3) is 5.69 Å². The van der Waals surface area contributed by atoms with Crippen molar-refractivity contribution in [2.24, 2.45) is 0 Å². The fourth-order valence-electron chi connectivity index (χ4n) is 2.89. The lowest BCUT2D eigenvalue weighted by Gasteiger charge is -2.29. The van der Waals surface area contributed by atoms with Crippen molar-refractivity contribution in [3.05, 3.63) is 72.6 Å². The van der Waals surface area contributed by atoms with E-state index in [9.17, 15) is 4.79 Å². The lowest BCUT2D eigenvalue weighted by atomic mass is 10.1. The number of hydrogen-bond acceptors (Lipinski definition) is 3. The molecule has 0 unspecified atom stereocenters. The number of anilines is 1. The van der Waals surface area contributed by atoms with Gasteiger partial charge in [0.1, 0.15) is 0 Å². The molecule has 0 aliphatic carbocycles. The molecule has 0 bridgehead atoms. The van der Waals surface area contributed by atoms with Crippen LogP contribution in [0.4, 0.5) is 5.69 Å². The first kappa shape index (κ1) is 15.0. The van der Waals surface area contributed by atoms with E-state index in [2.05, 4.69) is 11.2 Å². The molecule has 1 aliphatic rings. The summed E-state index contributed by atoms with van der Waals surface area (Å²) in [4.78, 5) is 15.8. The average Bonchev–Trinajstić information content (AvgIpc) is 3.16. The van der Waals surface area contributed by atoms with Crippen LogP contribution < -0.4 is 4.90 Å². The highest BCUT2D eigenvalue weighted by Crippen LogP contribution is 2.34. The molecule has 4 nitrogen and oxygen atoms in total. The van der Waals surface area contributed by atoms with Crippen LogP contribution in [0.15, 0.2) is 71.9 Å². The van der Waals surface area contributed by atoms with Gasteiger partial charge in [-0.15, -0.1) is 11.8 Å². The van der Waals surface area contributed by atoms with Gasteiger partial charge < -0.3 is 4.90 Å². The Morgan fingerprint density at radius 2 is 1.92 bits per heavy atom. The molecule has 2 heterocycles. The minimum Gasteiger partial charge on any atom is -0.310 e. The SMILES string of the molecule is O=C(Cc1ccc(-n2cccn2)cc1)N1CCSc2ccccc21. The summed E-state index contributed by atoms with van der Waals surface area (Å²) < 4.78 is 1.81. The Hall–Kier alpha value is -2.53. The van der Waals surface area contributed by atoms with Gasteiger partial charge >= 0.3 is 0 Å². The molecule has 0 spiro atoms. The molecule has 4 rings (SSSR count). The molecule has 24 heavy (non-hydrogen) atoms. The van der Waals surface area contributed by atoms with Gasteiger partial charge in [0, 0.05) is 29.6 Å². The number of nitrogens with zero attached hydrogens (tertiary/aromatic N) is 3. The standard InChI is InChI=1S/C19H17N3OS/c23-19(21-12-13-24-18-5-2-1-4-17(18)21)14-15-6-8-16(9-7-15)22-11-3-10-20-22/h1-11H,12-14H2. The zero-order valence-electron chi connectivity index (χ0n) is 13.1. The Kier molecular flexibility index (Phi) is 4.09. The third-order valence-electron chi connectivity index (χ3n) is 4.09. The Bertz CT molecular complexity index is 843. The van der Waals surface area contributed by atoms with E-state index in [-0.39, 0.29) is 5.91 Å². The van der Waals surface area contributed by atoms with E-state index in [1.54, 1.807) is 6.20 Å². The molecule has 1 aliphatic heterocycles. The predicted octanol–water partition coefficient (Wildman–Crippen LogP) is 3.55. The van der Waals surface area contributed by atoms with Crippen LogP contribution >= 0.6 is 11.8 Å². The maximum absolute atomic E-state index is 12.7. The van der Waals surface area contributed by atoms with E-state index in [0.717, 1.165) is 29.2 Å². The number of thioether (sulfide) groups is 1. The fourth-order valence-corrected chi connectivity index (χ4v) is 3.88. The van der Waals surface area contributed by atoms with Crippen LogP contribution in [0.5, 0.6) is 0 Å². The highest BCUT2D eigenvalue weighted by Gasteiger charge is 2.22. The maximum Gasteiger partial charge on any atom is 0.231 e. The van der Waals surface area contributed by atoms with Crippen molar-refractivity contribution in [2.45, 2.75) is 11.3 Å². The molecule has 5 heteroatoms. The average molecular weight is 335 g/mol. The van der Waals surface area contributed by atoms with Crippen LogP contribution in [0.2, 0.25) is 0 Å². The van der Waals surface area contributed by atoms with Gasteiger partial charge in [0.05, 0.1) is 17.8 Å². The third-order valence-corrected chi connectivity index (χ3v) is 5.13. The van der Waals surface area contributed by atoms with E-state index in [4.69, 9.17) is 0 Å². The van der Waals surface area contributed by atoms with Crippen molar-refractivity contribution in [1.29, 1.82) is 0 Å². The summed E-state index contributed by atoms with van der Waals surface area (Å²) in [5.74, 6) is 1.09. The molecule has 120 valence electrons. The fraction of sp³-hybridized carbons (Fsp3) is 0.158. The predicted molar refractivity (Wildman–Crippen MR) is 96.8 cm³/mol. The summed E-state index contributed by atoms with van der Waals surface area (Å²) in [5.41, 5.74) is 3.05. The molecule has 0 fully saturated rings. The molecular weight excluding hydrogens is 318 g/mol. The molecule has 0 saturated heterocycles. The molecule has 0 atom stereocenters. The zero-order chi connectivity index (χ0) is 16.4. The first-order chi connectivity index (χ1) is 11.8. The first-order valence-corrected chi connectivity index (χ1v) is 8.91. The summed E-state index contributed by atoms with van der Waals surface area (Å²) in [6, 6.07) is 18.0. The van der Waals surface area contributed by atoms with Gasteiger partial charge in [-0.25, -0.2) is 4.68 Å². The van der Waals surface area contributed by atoms with Gasteiger partial charge in [-0.3, -0.25) is 4.79 Å². The van der Waals surface area contributed by atoms with Crippen molar-refractivity contribution in [2.75, 3.05) is 17.2 Å². The number of aromatic nitrogens is 2. The van der Waals surface area contributed by atoms with E-state index < -0.39 is 0 Å². The van der Waals surface area contributed by atoms with E-state index >= 15 is 0 Å². The molecule has 1 amide bonds. The lowest BCUT2D eigenvalue weighted by molar-refractivity contribution is -0.118. The number of benzene rings is 2. The lowest BCUT2D eigenvalue weighted by Crippen LogP contribution is -2.36. The molecular formula is C19H17N3OS. The molecule has 0 radical (unpaired) electrons. The smallest absolute Gasteiger partial charge is 0.231 e. The summed E-state index contributed by atoms with van der Waals surface area (Å²) in [5, 5.41) is 4.21. The van der Waals surface area contributed by atoms with Gasteiger partial charge in [-0.05, 0) is 35.9 Å². The summed E-state index contributed by atoms with van der Waals surface area (Å²) >= 11 is 1.81. The topological polar surface area (TPSA) is 38.1 Å². The van der Waals surface area contributed by atoms with Crippen molar-refractivity contribution >= 4 is 23.4 Å². The quantitative estimate of drug-likeness (QED) is 0.735. The van der Waals surface area contributed by atoms with Crippen LogP contribution in [0, 0.1) is 0 Å². The monoisotopic (exact) mass is 335 g/mol. The Morgan fingerprint density at radius 3 is 2.71 bits per heavy atom. The van der Waals surface area contributed by atoms with Gasteiger partial charge in [0.15, 0.2) is 0 Å². The van der Waals surface area contributed by atoms with Gasteiger partial charge in [-0.1, -0.05) is 24.3 Å². The van der Waals surface area contributed by atoms with Gasteiger partial charge in [-0.2, -0.15) is 5.10 Å². The number of carbonyl (C=O) groups is 1. The van der Waals surface area contributed by atoms with E-state index in [0.29, 0.717) is 6.42 Å². The number of para-hydroxylation sites is 1. The minimum atomic E-state index is 0.148. The van der Waals surface area contributed by atoms with E-state index in [1.807, 2.05) is 76.1 Å². The second-order valence-corrected chi connectivity index (χ2v) is 6.79. The van der Waals surface area contributed by atoms with Crippen molar-refractivity contribution in [3.63, 3.8) is 0 Å². The Balaban J connectivity index is 1.51. The second-order valence-electron chi connectivity index (χ2n) is 5.66. The molecule has 3 aromatic rings. The number of amides is 1. The maximum atomic E-state index is 12.7. The molecule has 2 aromatic carbocycles. The third kappa shape index (κ3) is 2.95. The number of hydrogen-bond donors (Lipinski definition) is 0. The normalized spacial score (nSPS) is 13.6. The van der Waals surface area contributed by atoms with E-state index in [1.165, 1.54) is 4.90 Å². The summed E-state index contributed by atoms with van der Waals surface area (Å²) in [7, 11) is 0. The van der Waals surface area contributed by atoms with Crippen LogP contribution in [0.3, 0.4) is 0 Å². The van der Waals surface area contributed by atoms with Crippen LogP contribution in [0.1, 0.15) is 5.56 Å². The highest BCUT2D eigenvalue weighted by molar-refractivity contribution is 7.99. The first-order valence-electron chi connectivity index (χ1n) is 7.92. The Morgan fingerprint density at radius 1 is 1.08 bits per heavy atom. The second kappa shape index (κ2) is 6.53. The van der Waals surface area contributed by atoms with Crippen LogP contribution in [-0.4, -0.2) is 28.0 Å². The minimum absolute atomic E-state index is 0.148. The Labute approximate surface area is 145 Å². The molecule has 1 aromatic heterocycles. The number of fused-ring (bicyclic) bond motifs is 1. The highest BCUT2D eigenvalue weighted by atomic mass is 32.2. The van der Waals surface area contributed by atoms with Crippen molar-refractivity contribution in [3.8, 4) is 5.69 Å². The molecule has 0 N–H and O–H groups in total. The van der Waals surface area contributed by atoms with Crippen molar-refractivity contribution < 1.29 is 4.79 Å².